The number of urea groups is 1. The second-order valence-electron chi connectivity index (χ2n) is 7.11. The van der Waals surface area contributed by atoms with Crippen molar-refractivity contribution < 1.29 is 78.9 Å². The van der Waals surface area contributed by atoms with Crippen molar-refractivity contribution in [1.82, 2.24) is 9.88 Å². The van der Waals surface area contributed by atoms with Crippen LogP contribution in [-0.2, 0) is 18.3 Å². The molecule has 3 aromatic rings. The van der Waals surface area contributed by atoms with E-state index < -0.39 is 41.5 Å². The predicted octanol–water partition coefficient (Wildman–Crippen LogP) is -4.57. The Bertz CT molecular complexity index is 1180. The monoisotopic (exact) mass is 485 g/mol. The fraction of sp³-hybridized carbons (Fsp3) is 0.227. The number of anilines is 1. The van der Waals surface area contributed by atoms with Crippen LogP contribution in [0.25, 0.3) is 0 Å². The number of aryl methyl sites for hydroxylation is 2. The topological polar surface area (TPSA) is 126 Å². The van der Waals surface area contributed by atoms with E-state index in [4.69, 9.17) is 0 Å². The van der Waals surface area contributed by atoms with E-state index in [1.807, 2.05) is 37.3 Å². The Morgan fingerprint density at radius 1 is 1.12 bits per heavy atom. The van der Waals surface area contributed by atoms with E-state index in [1.54, 1.807) is 6.07 Å². The third-order valence-corrected chi connectivity index (χ3v) is 6.00. The van der Waals surface area contributed by atoms with Gasteiger partial charge in [-0.05, 0) is 30.2 Å². The van der Waals surface area contributed by atoms with E-state index in [-0.39, 0.29) is 59.1 Å². The number of thiophene rings is 1. The summed E-state index contributed by atoms with van der Waals surface area (Å²) in [6.45, 7) is 2.02. The fourth-order valence-corrected chi connectivity index (χ4v) is 4.18. The Hall–Kier alpha value is -1.59. The van der Waals surface area contributed by atoms with Crippen molar-refractivity contribution in [3.05, 3.63) is 79.9 Å². The molecule has 0 aliphatic carbocycles. The molecule has 3 rings (SSSR count). The van der Waals surface area contributed by atoms with E-state index in [0.29, 0.717) is 11.3 Å². The van der Waals surface area contributed by atoms with Gasteiger partial charge in [0.05, 0.1) is 6.04 Å². The number of benzene rings is 1. The molecule has 1 atom stereocenters. The zero-order valence-corrected chi connectivity index (χ0v) is 23.8. The number of carboxylic acid groups (broad SMARTS) is 1. The molecule has 8 nitrogen and oxygen atoms in total. The number of carbonyl (C=O) groups excluding carboxylic acids is 2. The van der Waals surface area contributed by atoms with Gasteiger partial charge in [0.15, 0.2) is 0 Å². The SMILES string of the molecule is Cc1ccccc1Cc1ccc([C@H](CC(=O)[O-])NC(=O)Nc2c([O-])ccn(C)c2=O)s1.[Na+].[Na+]. The molecular formula is C22H21N3Na2O5S. The number of hydrogen-bond acceptors (Lipinski definition) is 6. The fourth-order valence-electron chi connectivity index (χ4n) is 3.10. The van der Waals surface area contributed by atoms with Crippen LogP contribution in [0, 0.1) is 6.92 Å². The number of nitrogens with zero attached hydrogens (tertiary/aromatic N) is 1. The average molecular weight is 485 g/mol. The number of hydrogen-bond donors (Lipinski definition) is 2. The first kappa shape index (κ1) is 29.4. The van der Waals surface area contributed by atoms with E-state index in [9.17, 15) is 24.6 Å². The van der Waals surface area contributed by atoms with Gasteiger partial charge in [0.25, 0.3) is 5.56 Å². The maximum Gasteiger partial charge on any atom is 1.00 e. The molecule has 0 aliphatic rings. The van der Waals surface area contributed by atoms with Crippen LogP contribution in [0.15, 0.2) is 53.5 Å². The van der Waals surface area contributed by atoms with Gasteiger partial charge in [-0.15, -0.1) is 11.3 Å². The summed E-state index contributed by atoms with van der Waals surface area (Å²) < 4.78 is 1.16. The molecule has 0 saturated heterocycles. The third kappa shape index (κ3) is 7.99. The van der Waals surface area contributed by atoms with Gasteiger partial charge in [-0.3, -0.25) is 4.79 Å². The van der Waals surface area contributed by atoms with Gasteiger partial charge < -0.3 is 30.2 Å². The first-order valence-corrected chi connectivity index (χ1v) is 10.3. The number of aromatic nitrogens is 1. The minimum absolute atomic E-state index is 0. The van der Waals surface area contributed by atoms with E-state index in [1.165, 1.54) is 24.6 Å². The van der Waals surface area contributed by atoms with Crippen molar-refractivity contribution >= 4 is 29.0 Å². The van der Waals surface area contributed by atoms with Crippen molar-refractivity contribution in [3.63, 3.8) is 0 Å². The van der Waals surface area contributed by atoms with Gasteiger partial charge in [-0.2, -0.15) is 0 Å². The first-order valence-electron chi connectivity index (χ1n) is 9.51. The summed E-state index contributed by atoms with van der Waals surface area (Å²) in [5.74, 6) is -1.97. The molecule has 0 saturated carbocycles. The number of carboxylic acids is 1. The molecule has 0 unspecified atom stereocenters. The maximum atomic E-state index is 12.4. The molecule has 33 heavy (non-hydrogen) atoms. The van der Waals surface area contributed by atoms with Crippen LogP contribution in [0.1, 0.15) is 33.3 Å². The van der Waals surface area contributed by atoms with Gasteiger partial charge in [0, 0.05) is 41.8 Å². The van der Waals surface area contributed by atoms with Crippen LogP contribution < -0.4 is 85.5 Å². The van der Waals surface area contributed by atoms with E-state index in [0.717, 1.165) is 26.6 Å². The van der Waals surface area contributed by atoms with Gasteiger partial charge in [-0.1, -0.05) is 36.1 Å². The molecule has 2 N–H and O–H groups in total. The molecule has 2 aromatic heterocycles. The summed E-state index contributed by atoms with van der Waals surface area (Å²) in [4.78, 5) is 37.4. The quantitative estimate of drug-likeness (QED) is 0.326. The number of carbonyl (C=O) groups is 2. The van der Waals surface area contributed by atoms with Crippen LogP contribution in [-0.4, -0.2) is 16.6 Å². The molecule has 162 valence electrons. The predicted molar refractivity (Wildman–Crippen MR) is 114 cm³/mol. The second kappa shape index (κ2) is 13.3. The van der Waals surface area contributed by atoms with Gasteiger partial charge in [0.1, 0.15) is 5.69 Å². The van der Waals surface area contributed by atoms with E-state index in [2.05, 4.69) is 10.6 Å². The molecule has 0 aliphatic heterocycles. The average Bonchev–Trinajstić information content (AvgIpc) is 3.18. The molecule has 1 aromatic carbocycles. The number of rotatable bonds is 7. The molecular weight excluding hydrogens is 464 g/mol. The van der Waals surface area contributed by atoms with Crippen LogP contribution in [0.3, 0.4) is 0 Å². The van der Waals surface area contributed by atoms with Crippen molar-refractivity contribution in [2.75, 3.05) is 5.32 Å². The van der Waals surface area contributed by atoms with Gasteiger partial charge in [-0.25, -0.2) is 4.79 Å². The van der Waals surface area contributed by atoms with Gasteiger partial charge >= 0.3 is 65.1 Å². The molecule has 0 bridgehead atoms. The zero-order chi connectivity index (χ0) is 22.5. The molecule has 0 spiro atoms. The van der Waals surface area contributed by atoms with E-state index >= 15 is 0 Å². The standard InChI is InChI=1S/C22H23N3O5S.2Na/c1-13-5-3-4-6-14(13)11-15-7-8-18(31-15)16(12-19(27)28)23-22(30)24-20-17(26)9-10-25(2)21(20)29;;/h3-10,16,26H,11-12H2,1-2H3,(H,27,28)(H2,23,24,30);;/q;2*+1/p-2/t16-;;/m0../s1. The zero-order valence-electron chi connectivity index (χ0n) is 19.0. The minimum Gasteiger partial charge on any atom is -0.871 e. The Morgan fingerprint density at radius 3 is 2.48 bits per heavy atom. The molecule has 11 heteroatoms. The molecule has 2 amide bonds. The summed E-state index contributed by atoms with van der Waals surface area (Å²) in [7, 11) is 1.45. The number of pyridine rings is 1. The summed E-state index contributed by atoms with van der Waals surface area (Å²) in [6, 6.07) is 11.1. The normalized spacial score (nSPS) is 11.0. The third-order valence-electron chi connectivity index (χ3n) is 4.80. The van der Waals surface area contributed by atoms with Crippen LogP contribution >= 0.6 is 11.3 Å². The molecule has 2 heterocycles. The van der Waals surface area contributed by atoms with Crippen molar-refractivity contribution in [1.29, 1.82) is 0 Å². The Morgan fingerprint density at radius 2 is 1.82 bits per heavy atom. The summed E-state index contributed by atoms with van der Waals surface area (Å²) in [5, 5.41) is 27.9. The van der Waals surface area contributed by atoms with Crippen molar-refractivity contribution in [3.8, 4) is 5.75 Å². The number of amides is 2. The van der Waals surface area contributed by atoms with Crippen molar-refractivity contribution in [2.24, 2.45) is 7.05 Å². The maximum absolute atomic E-state index is 12.4. The van der Waals surface area contributed by atoms with Gasteiger partial charge in [0.2, 0.25) is 0 Å². The summed E-state index contributed by atoms with van der Waals surface area (Å²) in [6.07, 6.45) is 1.53. The van der Waals surface area contributed by atoms with Crippen LogP contribution in [0.5, 0.6) is 5.75 Å². The molecule has 0 radical (unpaired) electrons. The second-order valence-corrected chi connectivity index (χ2v) is 8.31. The summed E-state index contributed by atoms with van der Waals surface area (Å²) in [5.41, 5.74) is 1.25. The van der Waals surface area contributed by atoms with Crippen LogP contribution in [0.2, 0.25) is 0 Å². The Balaban J connectivity index is 0.00000272. The largest absolute Gasteiger partial charge is 1.00 e. The smallest absolute Gasteiger partial charge is 0.871 e. The van der Waals surface area contributed by atoms with Crippen molar-refractivity contribution in [2.45, 2.75) is 25.8 Å². The Kier molecular flexibility index (Phi) is 11.9. The minimum atomic E-state index is -1.33. The molecule has 0 fully saturated rings. The summed E-state index contributed by atoms with van der Waals surface area (Å²) >= 11 is 1.38. The first-order chi connectivity index (χ1) is 14.7. The number of aliphatic carboxylic acids is 1. The number of nitrogens with one attached hydrogen (secondary N) is 2. The van der Waals surface area contributed by atoms with Crippen LogP contribution in [0.4, 0.5) is 10.5 Å². The Labute approximate surface area is 239 Å².